The van der Waals surface area contributed by atoms with Gasteiger partial charge in [0.1, 0.15) is 6.23 Å². The summed E-state index contributed by atoms with van der Waals surface area (Å²) in [6.45, 7) is 6.04. The van der Waals surface area contributed by atoms with Gasteiger partial charge in [0.15, 0.2) is 0 Å². The van der Waals surface area contributed by atoms with Gasteiger partial charge in [0.05, 0.1) is 13.7 Å². The highest BCUT2D eigenvalue weighted by Gasteiger charge is 2.39. The van der Waals surface area contributed by atoms with Crippen molar-refractivity contribution in [2.75, 3.05) is 44.0 Å². The van der Waals surface area contributed by atoms with Crippen molar-refractivity contribution in [3.8, 4) is 6.01 Å². The van der Waals surface area contributed by atoms with E-state index in [2.05, 4.69) is 30.5 Å². The van der Waals surface area contributed by atoms with Crippen LogP contribution in [0.4, 0.5) is 17.6 Å². The first-order valence-corrected chi connectivity index (χ1v) is 8.00. The first-order chi connectivity index (χ1) is 11.8. The van der Waals surface area contributed by atoms with Crippen molar-refractivity contribution >= 4 is 17.6 Å². The van der Waals surface area contributed by atoms with E-state index < -0.39 is 0 Å². The van der Waals surface area contributed by atoms with E-state index >= 15 is 0 Å². The fraction of sp³-hybridized carbons (Fsp3) is 0.438. The minimum absolute atomic E-state index is 0.277. The zero-order chi connectivity index (χ0) is 16.8. The molecule has 2 unspecified atom stereocenters. The summed E-state index contributed by atoms with van der Waals surface area (Å²) in [6.07, 6.45) is 0.546. The second-order valence-electron chi connectivity index (χ2n) is 5.31. The summed E-state index contributed by atoms with van der Waals surface area (Å²) < 4.78 is 10.2. The number of rotatable bonds is 5. The number of fused-ring (bicyclic) bond motifs is 1. The van der Waals surface area contributed by atoms with Crippen molar-refractivity contribution in [1.29, 1.82) is 0 Å². The number of ether oxygens (including phenoxy) is 2. The summed E-state index contributed by atoms with van der Waals surface area (Å²) in [6, 6.07) is 9.97. The molecule has 0 spiro atoms. The maximum atomic E-state index is 5.15. The molecule has 1 aromatic heterocycles. The quantitative estimate of drug-likeness (QED) is 0.802. The van der Waals surface area contributed by atoms with Gasteiger partial charge in [-0.3, -0.25) is 4.90 Å². The number of hydrogen-bond acceptors (Lipinski definition) is 8. The number of aromatic nitrogens is 3. The molecule has 2 aliphatic heterocycles. The molecule has 8 heteroatoms. The number of anilines is 3. The largest absolute Gasteiger partial charge is 0.467 e. The van der Waals surface area contributed by atoms with Crippen molar-refractivity contribution in [3.63, 3.8) is 0 Å². The Morgan fingerprint density at radius 1 is 1.21 bits per heavy atom. The number of hydrogen-bond donors (Lipinski definition) is 2. The summed E-state index contributed by atoms with van der Waals surface area (Å²) >= 11 is 0. The Morgan fingerprint density at radius 2 is 2.00 bits per heavy atom. The molecule has 2 saturated heterocycles. The molecular formula is C16H22N6O2. The van der Waals surface area contributed by atoms with Crippen LogP contribution in [-0.2, 0) is 4.74 Å². The summed E-state index contributed by atoms with van der Waals surface area (Å²) in [5.74, 6) is 0.937. The highest BCUT2D eigenvalue weighted by atomic mass is 16.5. The van der Waals surface area contributed by atoms with Crippen LogP contribution in [-0.4, -0.2) is 59.4 Å². The lowest BCUT2D eigenvalue weighted by Gasteiger charge is -2.08. The molecule has 128 valence electrons. The van der Waals surface area contributed by atoms with Gasteiger partial charge < -0.3 is 20.1 Å². The van der Waals surface area contributed by atoms with Crippen LogP contribution in [0, 0.1) is 0 Å². The Bertz CT molecular complexity index is 646. The van der Waals surface area contributed by atoms with Gasteiger partial charge in [0.25, 0.3) is 0 Å². The Morgan fingerprint density at radius 3 is 2.54 bits per heavy atom. The van der Waals surface area contributed by atoms with Gasteiger partial charge in [-0.05, 0) is 19.1 Å². The minimum Gasteiger partial charge on any atom is -0.467 e. The fourth-order valence-corrected chi connectivity index (χ4v) is 2.24. The van der Waals surface area contributed by atoms with E-state index in [0.29, 0.717) is 18.1 Å². The average Bonchev–Trinajstić information content (AvgIpc) is 3.21. The number of para-hydroxylation sites is 1. The van der Waals surface area contributed by atoms with Crippen LogP contribution >= 0.6 is 0 Å². The molecule has 0 bridgehead atoms. The first-order valence-electron chi connectivity index (χ1n) is 8.00. The lowest BCUT2D eigenvalue weighted by Crippen LogP contribution is -2.07. The highest BCUT2D eigenvalue weighted by molar-refractivity contribution is 5.53. The van der Waals surface area contributed by atoms with Crippen molar-refractivity contribution in [2.24, 2.45) is 0 Å². The molecule has 0 saturated carbocycles. The molecule has 3 heterocycles. The van der Waals surface area contributed by atoms with Gasteiger partial charge in [-0.25, -0.2) is 0 Å². The topological polar surface area (TPSA) is 84.2 Å². The van der Waals surface area contributed by atoms with E-state index in [4.69, 9.17) is 9.47 Å². The second kappa shape index (κ2) is 7.89. The SMILES string of the molecule is C1CN2CC2O1.CCNc1nc(Nc2ccccc2)nc(OC)n1. The van der Waals surface area contributed by atoms with Crippen molar-refractivity contribution in [2.45, 2.75) is 13.2 Å². The number of nitrogens with zero attached hydrogens (tertiary/aromatic N) is 4. The maximum absolute atomic E-state index is 5.15. The Hall–Kier alpha value is -2.45. The lowest BCUT2D eigenvalue weighted by molar-refractivity contribution is 0.159. The Balaban J connectivity index is 0.000000231. The third-order valence-corrected chi connectivity index (χ3v) is 3.52. The highest BCUT2D eigenvalue weighted by Crippen LogP contribution is 2.22. The van der Waals surface area contributed by atoms with Crippen molar-refractivity contribution in [1.82, 2.24) is 19.9 Å². The predicted octanol–water partition coefficient (Wildman–Crippen LogP) is 1.71. The summed E-state index contributed by atoms with van der Waals surface area (Å²) in [4.78, 5) is 14.8. The standard InChI is InChI=1S/C12H15N5O.C4H7NO/c1-3-13-10-15-11(17-12(16-10)18-2)14-9-7-5-4-6-8-9;1-2-6-4-3-5(1)4/h4-8H,3H2,1-2H3,(H2,13,14,15,16,17);4H,1-3H2. The molecule has 0 aliphatic carbocycles. The van der Waals surface area contributed by atoms with Crippen LogP contribution in [0.15, 0.2) is 30.3 Å². The molecule has 0 amide bonds. The van der Waals surface area contributed by atoms with E-state index in [0.717, 1.165) is 18.8 Å². The van der Waals surface area contributed by atoms with Gasteiger partial charge in [-0.1, -0.05) is 18.2 Å². The molecule has 2 atom stereocenters. The van der Waals surface area contributed by atoms with E-state index in [1.807, 2.05) is 37.3 Å². The molecule has 0 radical (unpaired) electrons. The van der Waals surface area contributed by atoms with Gasteiger partial charge in [-0.2, -0.15) is 15.0 Å². The smallest absolute Gasteiger partial charge is 0.322 e. The number of morpholine rings is 1. The second-order valence-corrected chi connectivity index (χ2v) is 5.31. The molecule has 2 aromatic rings. The summed E-state index contributed by atoms with van der Waals surface area (Å²) in [5.41, 5.74) is 0.910. The number of benzene rings is 1. The maximum Gasteiger partial charge on any atom is 0.322 e. The number of nitrogens with one attached hydrogen (secondary N) is 2. The average molecular weight is 330 g/mol. The lowest BCUT2D eigenvalue weighted by atomic mass is 10.3. The molecule has 2 N–H and O–H groups in total. The molecule has 2 fully saturated rings. The molecule has 2 aliphatic rings. The number of methoxy groups -OCH3 is 1. The van der Waals surface area contributed by atoms with E-state index in [1.54, 1.807) is 0 Å². The Labute approximate surface area is 141 Å². The van der Waals surface area contributed by atoms with Crippen LogP contribution in [0.3, 0.4) is 0 Å². The zero-order valence-electron chi connectivity index (χ0n) is 13.9. The minimum atomic E-state index is 0.277. The molecule has 8 nitrogen and oxygen atoms in total. The van der Waals surface area contributed by atoms with Crippen LogP contribution in [0.25, 0.3) is 0 Å². The van der Waals surface area contributed by atoms with E-state index in [-0.39, 0.29) is 6.01 Å². The summed E-state index contributed by atoms with van der Waals surface area (Å²) in [5, 5.41) is 6.12. The van der Waals surface area contributed by atoms with Crippen LogP contribution in [0.2, 0.25) is 0 Å². The van der Waals surface area contributed by atoms with E-state index in [9.17, 15) is 0 Å². The van der Waals surface area contributed by atoms with Crippen LogP contribution < -0.4 is 15.4 Å². The van der Waals surface area contributed by atoms with E-state index in [1.165, 1.54) is 20.2 Å². The van der Waals surface area contributed by atoms with Crippen molar-refractivity contribution in [3.05, 3.63) is 30.3 Å². The molecule has 24 heavy (non-hydrogen) atoms. The third-order valence-electron chi connectivity index (χ3n) is 3.52. The molecular weight excluding hydrogens is 308 g/mol. The first kappa shape index (κ1) is 16.4. The monoisotopic (exact) mass is 330 g/mol. The van der Waals surface area contributed by atoms with Gasteiger partial charge >= 0.3 is 6.01 Å². The normalized spacial score (nSPS) is 20.4. The Kier molecular flexibility index (Phi) is 5.39. The summed E-state index contributed by atoms with van der Waals surface area (Å²) in [7, 11) is 1.53. The van der Waals surface area contributed by atoms with Crippen molar-refractivity contribution < 1.29 is 9.47 Å². The van der Waals surface area contributed by atoms with Gasteiger partial charge in [0.2, 0.25) is 11.9 Å². The predicted molar refractivity (Wildman–Crippen MR) is 91.6 cm³/mol. The van der Waals surface area contributed by atoms with Crippen LogP contribution in [0.1, 0.15) is 6.92 Å². The van der Waals surface area contributed by atoms with Crippen LogP contribution in [0.5, 0.6) is 6.01 Å². The zero-order valence-corrected chi connectivity index (χ0v) is 13.9. The fourth-order valence-electron chi connectivity index (χ4n) is 2.24. The molecule has 1 aromatic carbocycles. The van der Waals surface area contributed by atoms with Gasteiger partial charge in [0, 0.05) is 25.3 Å². The molecule has 4 rings (SSSR count). The third kappa shape index (κ3) is 4.53. The van der Waals surface area contributed by atoms with Gasteiger partial charge in [-0.15, -0.1) is 0 Å².